The van der Waals surface area contributed by atoms with Crippen molar-refractivity contribution in [3.05, 3.63) is 24.3 Å². The summed E-state index contributed by atoms with van der Waals surface area (Å²) in [7, 11) is 4.00. The van der Waals surface area contributed by atoms with Gasteiger partial charge in [0.1, 0.15) is 12.4 Å². The van der Waals surface area contributed by atoms with Gasteiger partial charge >= 0.3 is 0 Å². The first kappa shape index (κ1) is 14.8. The molecular weight excluding hydrogens is 254 g/mol. The van der Waals surface area contributed by atoms with E-state index in [2.05, 4.69) is 10.2 Å². The lowest BCUT2D eigenvalue weighted by Crippen LogP contribution is -2.30. The molecule has 1 amide bonds. The highest BCUT2D eigenvalue weighted by atomic mass is 16.5. The highest BCUT2D eigenvalue weighted by Gasteiger charge is 2.48. The fourth-order valence-electron chi connectivity index (χ4n) is 1.95. The van der Waals surface area contributed by atoms with E-state index in [1.807, 2.05) is 38.4 Å². The molecule has 1 aromatic rings. The van der Waals surface area contributed by atoms with Crippen molar-refractivity contribution in [2.24, 2.45) is 11.1 Å². The first-order chi connectivity index (χ1) is 9.55. The van der Waals surface area contributed by atoms with Crippen LogP contribution in [0.4, 0.5) is 5.69 Å². The number of benzene rings is 1. The number of hydrogen-bond acceptors (Lipinski definition) is 4. The molecule has 0 aliphatic heterocycles. The lowest BCUT2D eigenvalue weighted by molar-refractivity contribution is -0.120. The lowest BCUT2D eigenvalue weighted by atomic mass is 10.1. The maximum atomic E-state index is 12.1. The summed E-state index contributed by atoms with van der Waals surface area (Å²) in [6.07, 6.45) is 1.77. The van der Waals surface area contributed by atoms with E-state index >= 15 is 0 Å². The van der Waals surface area contributed by atoms with Crippen molar-refractivity contribution in [1.29, 1.82) is 0 Å². The van der Waals surface area contributed by atoms with Crippen molar-refractivity contribution in [1.82, 2.24) is 4.90 Å². The Kier molecular flexibility index (Phi) is 4.62. The zero-order chi connectivity index (χ0) is 14.6. The molecule has 5 nitrogen and oxygen atoms in total. The van der Waals surface area contributed by atoms with Crippen molar-refractivity contribution >= 4 is 11.6 Å². The monoisotopic (exact) mass is 277 g/mol. The standard InChI is InChI=1S/C15H23N3O2/c1-18(2)8-9-20-13-5-3-4-12(10-13)17-14(19)15(11-16)6-7-15/h3-5,10H,6-9,11,16H2,1-2H3,(H,17,19). The number of amides is 1. The Bertz CT molecular complexity index is 470. The van der Waals surface area contributed by atoms with Crippen molar-refractivity contribution in [2.75, 3.05) is 39.1 Å². The number of ether oxygens (including phenoxy) is 1. The molecule has 0 radical (unpaired) electrons. The molecule has 1 fully saturated rings. The molecule has 0 atom stereocenters. The van der Waals surface area contributed by atoms with E-state index in [1.165, 1.54) is 0 Å². The molecule has 20 heavy (non-hydrogen) atoms. The van der Waals surface area contributed by atoms with Crippen LogP contribution in [0.15, 0.2) is 24.3 Å². The third-order valence-corrected chi connectivity index (χ3v) is 3.63. The van der Waals surface area contributed by atoms with E-state index < -0.39 is 0 Å². The number of rotatable bonds is 7. The summed E-state index contributed by atoms with van der Waals surface area (Å²) >= 11 is 0. The van der Waals surface area contributed by atoms with Crippen LogP contribution in [0, 0.1) is 5.41 Å². The number of hydrogen-bond donors (Lipinski definition) is 2. The molecule has 1 aliphatic rings. The Morgan fingerprint density at radius 3 is 2.80 bits per heavy atom. The maximum absolute atomic E-state index is 12.1. The van der Waals surface area contributed by atoms with Gasteiger partial charge in [-0.1, -0.05) is 6.07 Å². The number of carbonyl (C=O) groups is 1. The van der Waals surface area contributed by atoms with Gasteiger partial charge in [-0.25, -0.2) is 0 Å². The molecule has 3 N–H and O–H groups in total. The van der Waals surface area contributed by atoms with Gasteiger partial charge in [0.15, 0.2) is 0 Å². The lowest BCUT2D eigenvalue weighted by Gasteiger charge is -2.14. The van der Waals surface area contributed by atoms with Gasteiger partial charge in [-0.2, -0.15) is 0 Å². The van der Waals surface area contributed by atoms with E-state index in [-0.39, 0.29) is 11.3 Å². The summed E-state index contributed by atoms with van der Waals surface area (Å²) in [6, 6.07) is 7.48. The summed E-state index contributed by atoms with van der Waals surface area (Å²) in [5.41, 5.74) is 6.09. The van der Waals surface area contributed by atoms with Gasteiger partial charge in [0.25, 0.3) is 0 Å². The minimum absolute atomic E-state index is 0.0189. The number of nitrogens with two attached hydrogens (primary N) is 1. The average molecular weight is 277 g/mol. The van der Waals surface area contributed by atoms with Crippen LogP contribution >= 0.6 is 0 Å². The second-order valence-corrected chi connectivity index (χ2v) is 5.62. The van der Waals surface area contributed by atoms with Crippen LogP contribution in [0.25, 0.3) is 0 Å². The van der Waals surface area contributed by atoms with E-state index in [4.69, 9.17) is 10.5 Å². The Morgan fingerprint density at radius 2 is 2.20 bits per heavy atom. The van der Waals surface area contributed by atoms with E-state index in [0.29, 0.717) is 13.2 Å². The summed E-state index contributed by atoms with van der Waals surface area (Å²) in [4.78, 5) is 14.2. The van der Waals surface area contributed by atoms with Crippen LogP contribution in [-0.4, -0.2) is 44.6 Å². The largest absolute Gasteiger partial charge is 0.492 e. The zero-order valence-corrected chi connectivity index (χ0v) is 12.2. The van der Waals surface area contributed by atoms with Crippen LogP contribution in [0.2, 0.25) is 0 Å². The Labute approximate surface area is 120 Å². The third-order valence-electron chi connectivity index (χ3n) is 3.63. The molecule has 0 unspecified atom stereocenters. The Morgan fingerprint density at radius 1 is 1.45 bits per heavy atom. The number of anilines is 1. The highest BCUT2D eigenvalue weighted by molar-refractivity contribution is 5.97. The van der Waals surface area contributed by atoms with Crippen LogP contribution in [0.3, 0.4) is 0 Å². The molecule has 5 heteroatoms. The molecule has 1 aromatic carbocycles. The van der Waals surface area contributed by atoms with Crippen molar-refractivity contribution in [2.45, 2.75) is 12.8 Å². The predicted molar refractivity (Wildman–Crippen MR) is 79.8 cm³/mol. The summed E-state index contributed by atoms with van der Waals surface area (Å²) in [5.74, 6) is 0.785. The van der Waals surface area contributed by atoms with Gasteiger partial charge < -0.3 is 20.7 Å². The van der Waals surface area contributed by atoms with Gasteiger partial charge in [0.05, 0.1) is 5.41 Å². The molecular formula is C15H23N3O2. The zero-order valence-electron chi connectivity index (χ0n) is 12.2. The van der Waals surface area contributed by atoms with E-state index in [1.54, 1.807) is 0 Å². The highest BCUT2D eigenvalue weighted by Crippen LogP contribution is 2.45. The van der Waals surface area contributed by atoms with Gasteiger partial charge in [0.2, 0.25) is 5.91 Å². The maximum Gasteiger partial charge on any atom is 0.231 e. The first-order valence-corrected chi connectivity index (χ1v) is 6.95. The third kappa shape index (κ3) is 3.71. The SMILES string of the molecule is CN(C)CCOc1cccc(NC(=O)C2(CN)CC2)c1. The molecule has 110 valence electrons. The molecule has 0 bridgehead atoms. The normalized spacial score (nSPS) is 16.0. The second kappa shape index (κ2) is 6.24. The predicted octanol–water partition coefficient (Wildman–Crippen LogP) is 1.30. The molecule has 0 saturated heterocycles. The van der Waals surface area contributed by atoms with Crippen LogP contribution in [0.5, 0.6) is 5.75 Å². The van der Waals surface area contributed by atoms with Gasteiger partial charge in [-0.05, 0) is 39.1 Å². The molecule has 1 aliphatic carbocycles. The van der Waals surface area contributed by atoms with E-state index in [9.17, 15) is 4.79 Å². The van der Waals surface area contributed by atoms with Gasteiger partial charge in [-0.3, -0.25) is 4.79 Å². The number of nitrogens with zero attached hydrogens (tertiary/aromatic N) is 1. The fraction of sp³-hybridized carbons (Fsp3) is 0.533. The summed E-state index contributed by atoms with van der Waals surface area (Å²) in [5, 5.41) is 2.93. The van der Waals surface area contributed by atoms with Gasteiger partial charge in [0, 0.05) is 24.8 Å². The van der Waals surface area contributed by atoms with Crippen molar-refractivity contribution in [3.8, 4) is 5.75 Å². The minimum Gasteiger partial charge on any atom is -0.492 e. The van der Waals surface area contributed by atoms with Crippen LogP contribution < -0.4 is 15.8 Å². The average Bonchev–Trinajstić information content (AvgIpc) is 3.20. The molecule has 1 saturated carbocycles. The van der Waals surface area contributed by atoms with E-state index in [0.717, 1.165) is 30.8 Å². The van der Waals surface area contributed by atoms with Crippen molar-refractivity contribution < 1.29 is 9.53 Å². The fourth-order valence-corrected chi connectivity index (χ4v) is 1.95. The smallest absolute Gasteiger partial charge is 0.231 e. The summed E-state index contributed by atoms with van der Waals surface area (Å²) < 4.78 is 5.65. The minimum atomic E-state index is -0.332. The number of likely N-dealkylation sites (N-methyl/N-ethyl adjacent to an activating group) is 1. The molecule has 0 aromatic heterocycles. The Hall–Kier alpha value is -1.59. The number of nitrogens with one attached hydrogen (secondary N) is 1. The second-order valence-electron chi connectivity index (χ2n) is 5.62. The molecule has 0 heterocycles. The quantitative estimate of drug-likeness (QED) is 0.788. The summed E-state index contributed by atoms with van der Waals surface area (Å²) in [6.45, 7) is 1.89. The molecule has 0 spiro atoms. The van der Waals surface area contributed by atoms with Crippen LogP contribution in [0.1, 0.15) is 12.8 Å². The molecule has 2 rings (SSSR count). The topological polar surface area (TPSA) is 67.6 Å². The number of carbonyl (C=O) groups excluding carboxylic acids is 1. The Balaban J connectivity index is 1.91. The van der Waals surface area contributed by atoms with Crippen molar-refractivity contribution in [3.63, 3.8) is 0 Å². The van der Waals surface area contributed by atoms with Gasteiger partial charge in [-0.15, -0.1) is 0 Å². The van der Waals surface area contributed by atoms with Crippen LogP contribution in [-0.2, 0) is 4.79 Å². The first-order valence-electron chi connectivity index (χ1n) is 6.95.